The highest BCUT2D eigenvalue weighted by Gasteiger charge is 2.31. The van der Waals surface area contributed by atoms with Crippen molar-refractivity contribution in [3.05, 3.63) is 30.5 Å². The van der Waals surface area contributed by atoms with Gasteiger partial charge in [0.25, 0.3) is 0 Å². The number of imidazole rings is 1. The monoisotopic (exact) mass is 468 g/mol. The standard InChI is InChI=1S/C24H32N6O2S/c1-3-10-27-13-15-28(16-14-27)22(31)19-8-11-29(12-9-19)24-26-30-17-21(25-23(30)33-24)18-4-6-20(32-2)7-5-18/h4-7,17,19H,3,8-16H2,1-2H3. The third kappa shape index (κ3) is 4.70. The third-order valence-corrected chi connectivity index (χ3v) is 7.74. The molecule has 4 heterocycles. The second kappa shape index (κ2) is 9.69. The van der Waals surface area contributed by atoms with Crippen LogP contribution in [-0.4, -0.2) is 83.2 Å². The first-order valence-electron chi connectivity index (χ1n) is 11.9. The lowest BCUT2D eigenvalue weighted by molar-refractivity contribution is -0.138. The fourth-order valence-corrected chi connectivity index (χ4v) is 5.74. The van der Waals surface area contributed by atoms with Crippen molar-refractivity contribution in [2.75, 3.05) is 57.8 Å². The quantitative estimate of drug-likeness (QED) is 0.553. The van der Waals surface area contributed by atoms with Crippen LogP contribution in [0.3, 0.4) is 0 Å². The Morgan fingerprint density at radius 2 is 1.82 bits per heavy atom. The van der Waals surface area contributed by atoms with Gasteiger partial charge in [0.2, 0.25) is 16.0 Å². The zero-order valence-corrected chi connectivity index (χ0v) is 20.3. The Bertz CT molecular complexity index is 1050. The summed E-state index contributed by atoms with van der Waals surface area (Å²) in [4.78, 5) is 25.5. The van der Waals surface area contributed by atoms with Gasteiger partial charge in [-0.2, -0.15) is 0 Å². The van der Waals surface area contributed by atoms with Crippen molar-refractivity contribution in [3.63, 3.8) is 0 Å². The Morgan fingerprint density at radius 1 is 1.09 bits per heavy atom. The van der Waals surface area contributed by atoms with Crippen LogP contribution in [0.15, 0.2) is 30.5 Å². The van der Waals surface area contributed by atoms with Crippen LogP contribution in [-0.2, 0) is 4.79 Å². The maximum atomic E-state index is 13.0. The average Bonchev–Trinajstić information content (AvgIpc) is 3.44. The number of methoxy groups -OCH3 is 1. The Kier molecular flexibility index (Phi) is 6.50. The molecule has 33 heavy (non-hydrogen) atoms. The summed E-state index contributed by atoms with van der Waals surface area (Å²) in [6.07, 6.45) is 4.95. The largest absolute Gasteiger partial charge is 0.497 e. The van der Waals surface area contributed by atoms with Crippen molar-refractivity contribution in [1.82, 2.24) is 24.4 Å². The van der Waals surface area contributed by atoms with Gasteiger partial charge in [0.05, 0.1) is 19.0 Å². The predicted octanol–water partition coefficient (Wildman–Crippen LogP) is 3.24. The number of anilines is 1. The van der Waals surface area contributed by atoms with Gasteiger partial charge in [-0.05, 0) is 50.1 Å². The van der Waals surface area contributed by atoms with E-state index in [4.69, 9.17) is 14.8 Å². The lowest BCUT2D eigenvalue weighted by atomic mass is 9.95. The topological polar surface area (TPSA) is 66.2 Å². The molecule has 0 saturated carbocycles. The van der Waals surface area contributed by atoms with Crippen LogP contribution in [0.5, 0.6) is 5.75 Å². The molecule has 3 aromatic rings. The first-order valence-corrected chi connectivity index (χ1v) is 12.7. The van der Waals surface area contributed by atoms with Gasteiger partial charge in [-0.1, -0.05) is 18.3 Å². The maximum Gasteiger partial charge on any atom is 0.225 e. The molecule has 0 bridgehead atoms. The number of hydrogen-bond acceptors (Lipinski definition) is 7. The van der Waals surface area contributed by atoms with Gasteiger partial charge in [-0.25, -0.2) is 9.50 Å². The number of carbonyl (C=O) groups excluding carboxylic acids is 1. The highest BCUT2D eigenvalue weighted by Crippen LogP contribution is 2.30. The molecular weight excluding hydrogens is 436 g/mol. The molecule has 0 atom stereocenters. The van der Waals surface area contributed by atoms with E-state index >= 15 is 0 Å². The second-order valence-corrected chi connectivity index (χ2v) is 9.83. The molecular formula is C24H32N6O2S. The molecule has 9 heteroatoms. The van der Waals surface area contributed by atoms with Crippen molar-refractivity contribution in [2.24, 2.45) is 5.92 Å². The van der Waals surface area contributed by atoms with Crippen molar-refractivity contribution >= 4 is 27.3 Å². The van der Waals surface area contributed by atoms with E-state index in [1.165, 1.54) is 6.42 Å². The molecule has 176 valence electrons. The van der Waals surface area contributed by atoms with Crippen molar-refractivity contribution in [2.45, 2.75) is 26.2 Å². The van der Waals surface area contributed by atoms with Crippen molar-refractivity contribution in [3.8, 4) is 17.0 Å². The summed E-state index contributed by atoms with van der Waals surface area (Å²) < 4.78 is 7.10. The number of amides is 1. The van der Waals surface area contributed by atoms with Crippen LogP contribution < -0.4 is 9.64 Å². The Hall–Kier alpha value is -2.65. The van der Waals surface area contributed by atoms with Crippen LogP contribution in [0.2, 0.25) is 0 Å². The van der Waals surface area contributed by atoms with E-state index < -0.39 is 0 Å². The third-order valence-electron chi connectivity index (χ3n) is 6.76. The molecule has 2 aliphatic rings. The van der Waals surface area contributed by atoms with Gasteiger partial charge in [0, 0.05) is 50.7 Å². The summed E-state index contributed by atoms with van der Waals surface area (Å²) in [5.74, 6) is 1.33. The summed E-state index contributed by atoms with van der Waals surface area (Å²) >= 11 is 1.61. The molecule has 8 nitrogen and oxygen atoms in total. The van der Waals surface area contributed by atoms with Crippen molar-refractivity contribution in [1.29, 1.82) is 0 Å². The number of piperazine rings is 1. The molecule has 0 aliphatic carbocycles. The van der Waals surface area contributed by atoms with Crippen LogP contribution in [0.4, 0.5) is 5.13 Å². The van der Waals surface area contributed by atoms with Crippen LogP contribution in [0, 0.1) is 5.92 Å². The number of aromatic nitrogens is 3. The normalized spacial score (nSPS) is 18.2. The molecule has 2 aromatic heterocycles. The molecule has 1 aromatic carbocycles. The zero-order valence-electron chi connectivity index (χ0n) is 19.4. The Morgan fingerprint density at radius 3 is 2.45 bits per heavy atom. The molecule has 0 spiro atoms. The van der Waals surface area contributed by atoms with Crippen molar-refractivity contribution < 1.29 is 9.53 Å². The van der Waals surface area contributed by atoms with E-state index in [1.54, 1.807) is 18.4 Å². The number of carbonyl (C=O) groups is 1. The molecule has 5 rings (SSSR count). The first-order chi connectivity index (χ1) is 16.1. The highest BCUT2D eigenvalue weighted by atomic mass is 32.1. The van der Waals surface area contributed by atoms with E-state index in [0.29, 0.717) is 5.91 Å². The minimum Gasteiger partial charge on any atom is -0.497 e. The molecule has 2 aliphatic heterocycles. The zero-order chi connectivity index (χ0) is 22.8. The van der Waals surface area contributed by atoms with Gasteiger partial charge < -0.3 is 14.5 Å². The highest BCUT2D eigenvalue weighted by molar-refractivity contribution is 7.20. The number of piperidine rings is 1. The van der Waals surface area contributed by atoms with E-state index in [0.717, 1.165) is 85.8 Å². The molecule has 0 radical (unpaired) electrons. The van der Waals surface area contributed by atoms with E-state index in [2.05, 4.69) is 21.6 Å². The lowest BCUT2D eigenvalue weighted by Gasteiger charge is -2.38. The fraction of sp³-hybridized carbons (Fsp3) is 0.542. The molecule has 0 unspecified atom stereocenters. The minimum atomic E-state index is 0.143. The van der Waals surface area contributed by atoms with Crippen LogP contribution >= 0.6 is 11.3 Å². The van der Waals surface area contributed by atoms with Gasteiger partial charge in [0.1, 0.15) is 5.75 Å². The lowest BCUT2D eigenvalue weighted by Crippen LogP contribution is -2.51. The SMILES string of the molecule is CCCN1CCN(C(=O)C2CCN(c3nn4cc(-c5ccc(OC)cc5)nc4s3)CC2)CC1. The average molecular weight is 469 g/mol. The number of benzene rings is 1. The summed E-state index contributed by atoms with van der Waals surface area (Å²) in [7, 11) is 1.67. The number of nitrogens with zero attached hydrogens (tertiary/aromatic N) is 6. The molecule has 2 fully saturated rings. The fourth-order valence-electron chi connectivity index (χ4n) is 4.80. The summed E-state index contributed by atoms with van der Waals surface area (Å²) in [5, 5.41) is 5.76. The second-order valence-electron chi connectivity index (χ2n) is 8.89. The number of hydrogen-bond donors (Lipinski definition) is 0. The predicted molar refractivity (Wildman–Crippen MR) is 131 cm³/mol. The van der Waals surface area contributed by atoms with Gasteiger partial charge >= 0.3 is 0 Å². The van der Waals surface area contributed by atoms with Gasteiger partial charge in [0.15, 0.2) is 0 Å². The first kappa shape index (κ1) is 22.2. The van der Waals surface area contributed by atoms with E-state index in [-0.39, 0.29) is 5.92 Å². The minimum absolute atomic E-state index is 0.143. The molecule has 1 amide bonds. The summed E-state index contributed by atoms with van der Waals surface area (Å²) in [6, 6.07) is 7.91. The van der Waals surface area contributed by atoms with E-state index in [9.17, 15) is 4.79 Å². The van der Waals surface area contributed by atoms with Gasteiger partial charge in [-0.3, -0.25) is 9.69 Å². The molecule has 2 saturated heterocycles. The Labute approximate surface area is 198 Å². The number of fused-ring (bicyclic) bond motifs is 1. The summed E-state index contributed by atoms with van der Waals surface area (Å²) in [6.45, 7) is 8.86. The van der Waals surface area contributed by atoms with Gasteiger partial charge in [-0.15, -0.1) is 5.10 Å². The summed E-state index contributed by atoms with van der Waals surface area (Å²) in [5.41, 5.74) is 1.95. The van der Waals surface area contributed by atoms with Crippen LogP contribution in [0.1, 0.15) is 26.2 Å². The number of ether oxygens (including phenoxy) is 1. The maximum absolute atomic E-state index is 13.0. The number of rotatable bonds is 6. The smallest absolute Gasteiger partial charge is 0.225 e. The van der Waals surface area contributed by atoms with E-state index in [1.807, 2.05) is 35.0 Å². The Balaban J connectivity index is 1.17. The van der Waals surface area contributed by atoms with Crippen LogP contribution in [0.25, 0.3) is 16.2 Å². The molecule has 0 N–H and O–H groups in total.